The number of quaternary nitrogens is 1. The molecular formula is C29H34INO. The fourth-order valence-corrected chi connectivity index (χ4v) is 4.36. The van der Waals surface area contributed by atoms with Crippen LogP contribution in [-0.2, 0) is 13.2 Å². The number of likely N-dealkylation sites (tertiary alicyclic amines) is 1. The minimum absolute atomic E-state index is 0. The highest BCUT2D eigenvalue weighted by atomic mass is 127. The van der Waals surface area contributed by atoms with E-state index in [1.165, 1.54) is 59.1 Å². The minimum atomic E-state index is 0. The average Bonchev–Trinajstić information content (AvgIpc) is 2.79. The lowest BCUT2D eigenvalue weighted by Gasteiger charge is -2.37. The maximum atomic E-state index is 5.99. The molecule has 0 aromatic heterocycles. The summed E-state index contributed by atoms with van der Waals surface area (Å²) in [5, 5.41) is 0. The largest absolute Gasteiger partial charge is 1.00 e. The number of halogens is 1. The molecule has 1 aliphatic heterocycles. The summed E-state index contributed by atoms with van der Waals surface area (Å²) in [6, 6.07) is 25.8. The van der Waals surface area contributed by atoms with Crippen molar-refractivity contribution in [3.8, 4) is 5.75 Å². The van der Waals surface area contributed by atoms with Gasteiger partial charge in [0.1, 0.15) is 18.9 Å². The molecule has 3 aromatic carbocycles. The molecule has 1 saturated heterocycles. The molecule has 0 radical (unpaired) electrons. The van der Waals surface area contributed by atoms with Crippen LogP contribution in [0.15, 0.2) is 72.8 Å². The van der Waals surface area contributed by atoms with E-state index in [0.29, 0.717) is 6.61 Å². The summed E-state index contributed by atoms with van der Waals surface area (Å²) in [4.78, 5) is 0. The monoisotopic (exact) mass is 539 g/mol. The van der Waals surface area contributed by atoms with Crippen molar-refractivity contribution in [1.82, 2.24) is 0 Å². The lowest BCUT2D eigenvalue weighted by molar-refractivity contribution is -0.926. The molecule has 0 atom stereocenters. The molecule has 0 unspecified atom stereocenters. The predicted octanol–water partition coefficient (Wildman–Crippen LogP) is 3.88. The Morgan fingerprint density at radius 2 is 1.44 bits per heavy atom. The van der Waals surface area contributed by atoms with Crippen LogP contribution in [0.3, 0.4) is 0 Å². The Hall–Kier alpha value is -2.11. The SMILES string of the molecule is Cc1ccc(COc2cccc(C=Cc3ccc(C[N+]4(C)CCCCC4)cc3)c2)cc1.[I-]. The van der Waals surface area contributed by atoms with Crippen LogP contribution in [-0.4, -0.2) is 24.6 Å². The second kappa shape index (κ2) is 11.7. The van der Waals surface area contributed by atoms with Gasteiger partial charge in [-0.05, 0) is 55.0 Å². The summed E-state index contributed by atoms with van der Waals surface area (Å²) >= 11 is 0. The number of ether oxygens (including phenoxy) is 1. The van der Waals surface area contributed by atoms with Crippen molar-refractivity contribution in [2.75, 3.05) is 20.1 Å². The highest BCUT2D eigenvalue weighted by molar-refractivity contribution is 5.70. The third-order valence-electron chi connectivity index (χ3n) is 6.29. The summed E-state index contributed by atoms with van der Waals surface area (Å²) in [5.74, 6) is 0.900. The number of hydrogen-bond acceptors (Lipinski definition) is 1. The van der Waals surface area contributed by atoms with Gasteiger partial charge in [0.2, 0.25) is 0 Å². The molecule has 1 heterocycles. The van der Waals surface area contributed by atoms with Gasteiger partial charge in [0.15, 0.2) is 0 Å². The molecule has 4 rings (SSSR count). The van der Waals surface area contributed by atoms with Gasteiger partial charge in [-0.15, -0.1) is 0 Å². The van der Waals surface area contributed by atoms with Gasteiger partial charge >= 0.3 is 0 Å². The van der Waals surface area contributed by atoms with E-state index in [9.17, 15) is 0 Å². The van der Waals surface area contributed by atoms with E-state index in [1.54, 1.807) is 0 Å². The van der Waals surface area contributed by atoms with Gasteiger partial charge in [0.25, 0.3) is 0 Å². The van der Waals surface area contributed by atoms with Gasteiger partial charge in [-0.1, -0.05) is 78.4 Å². The van der Waals surface area contributed by atoms with Crippen LogP contribution in [0.5, 0.6) is 5.75 Å². The molecular weight excluding hydrogens is 505 g/mol. The highest BCUT2D eigenvalue weighted by Crippen LogP contribution is 2.21. The van der Waals surface area contributed by atoms with Crippen LogP contribution in [0.2, 0.25) is 0 Å². The molecule has 0 bridgehead atoms. The van der Waals surface area contributed by atoms with Crippen LogP contribution in [0.4, 0.5) is 0 Å². The van der Waals surface area contributed by atoms with Gasteiger partial charge < -0.3 is 33.2 Å². The first-order valence-electron chi connectivity index (χ1n) is 11.5. The van der Waals surface area contributed by atoms with Gasteiger partial charge in [-0.25, -0.2) is 0 Å². The van der Waals surface area contributed by atoms with Gasteiger partial charge in [0.05, 0.1) is 20.1 Å². The second-order valence-corrected chi connectivity index (χ2v) is 9.21. The quantitative estimate of drug-likeness (QED) is 0.252. The molecule has 3 aromatic rings. The van der Waals surface area contributed by atoms with E-state index in [2.05, 4.69) is 92.9 Å². The molecule has 1 aliphatic rings. The van der Waals surface area contributed by atoms with Gasteiger partial charge in [-0.3, -0.25) is 0 Å². The Morgan fingerprint density at radius 3 is 2.16 bits per heavy atom. The summed E-state index contributed by atoms with van der Waals surface area (Å²) in [7, 11) is 2.40. The molecule has 0 aliphatic carbocycles. The van der Waals surface area contributed by atoms with Crippen molar-refractivity contribution in [3.05, 3.63) is 101 Å². The zero-order valence-corrected chi connectivity index (χ0v) is 21.4. The maximum absolute atomic E-state index is 5.99. The Labute approximate surface area is 210 Å². The minimum Gasteiger partial charge on any atom is -1.00 e. The first-order valence-corrected chi connectivity index (χ1v) is 11.5. The van der Waals surface area contributed by atoms with E-state index in [1.807, 2.05) is 6.07 Å². The summed E-state index contributed by atoms with van der Waals surface area (Å²) in [6.07, 6.45) is 8.47. The van der Waals surface area contributed by atoms with Crippen molar-refractivity contribution < 1.29 is 33.2 Å². The van der Waals surface area contributed by atoms with E-state index in [0.717, 1.165) is 17.9 Å². The fourth-order valence-electron chi connectivity index (χ4n) is 4.36. The van der Waals surface area contributed by atoms with Crippen LogP contribution >= 0.6 is 0 Å². The van der Waals surface area contributed by atoms with Crippen molar-refractivity contribution in [2.24, 2.45) is 0 Å². The predicted molar refractivity (Wildman–Crippen MR) is 131 cm³/mol. The lowest BCUT2D eigenvalue weighted by Crippen LogP contribution is -3.00. The number of hydrogen-bond donors (Lipinski definition) is 0. The number of rotatable bonds is 7. The van der Waals surface area contributed by atoms with Gasteiger partial charge in [-0.2, -0.15) is 0 Å². The van der Waals surface area contributed by atoms with E-state index < -0.39 is 0 Å². The van der Waals surface area contributed by atoms with Crippen LogP contribution in [0.25, 0.3) is 12.2 Å². The fraction of sp³-hybridized carbons (Fsp3) is 0.310. The topological polar surface area (TPSA) is 9.23 Å². The normalized spacial score (nSPS) is 15.3. The molecule has 0 spiro atoms. The second-order valence-electron chi connectivity index (χ2n) is 9.21. The molecule has 1 fully saturated rings. The Morgan fingerprint density at radius 1 is 0.781 bits per heavy atom. The molecule has 32 heavy (non-hydrogen) atoms. The van der Waals surface area contributed by atoms with Crippen molar-refractivity contribution in [2.45, 2.75) is 39.3 Å². The number of benzene rings is 3. The molecule has 0 N–H and O–H groups in total. The smallest absolute Gasteiger partial charge is 0.120 e. The van der Waals surface area contributed by atoms with E-state index in [4.69, 9.17) is 4.74 Å². The van der Waals surface area contributed by atoms with E-state index >= 15 is 0 Å². The highest BCUT2D eigenvalue weighted by Gasteiger charge is 2.24. The third kappa shape index (κ3) is 7.21. The first kappa shape index (κ1) is 24.5. The Bertz CT molecular complexity index is 1000. The molecule has 168 valence electrons. The summed E-state index contributed by atoms with van der Waals surface area (Å²) in [6.45, 7) is 6.45. The molecule has 3 heteroatoms. The van der Waals surface area contributed by atoms with Crippen molar-refractivity contribution in [1.29, 1.82) is 0 Å². The number of piperidine rings is 1. The zero-order valence-electron chi connectivity index (χ0n) is 19.3. The zero-order chi connectivity index (χ0) is 21.5. The Kier molecular flexibility index (Phi) is 8.94. The van der Waals surface area contributed by atoms with Crippen molar-refractivity contribution in [3.63, 3.8) is 0 Å². The first-order chi connectivity index (χ1) is 15.1. The van der Waals surface area contributed by atoms with Gasteiger partial charge in [0, 0.05) is 5.56 Å². The van der Waals surface area contributed by atoms with Crippen LogP contribution in [0.1, 0.15) is 47.1 Å². The molecule has 0 amide bonds. The summed E-state index contributed by atoms with van der Waals surface area (Å²) in [5.41, 5.74) is 6.28. The standard InChI is InChI=1S/C29H34NO.HI/c1-24-9-11-28(12-10-24)23-31-29-8-6-7-26(21-29)16-13-25-14-17-27(18-15-25)22-30(2)19-4-3-5-20-30;/h6-18,21H,3-5,19-20,22-23H2,1-2H3;1H/q+1;/p-1. The van der Waals surface area contributed by atoms with Crippen LogP contribution < -0.4 is 28.7 Å². The maximum Gasteiger partial charge on any atom is 0.120 e. The number of nitrogens with zero attached hydrogens (tertiary/aromatic N) is 1. The lowest BCUT2D eigenvalue weighted by atomic mass is 10.1. The van der Waals surface area contributed by atoms with Crippen LogP contribution in [0, 0.1) is 6.92 Å². The molecule has 2 nitrogen and oxygen atoms in total. The summed E-state index contributed by atoms with van der Waals surface area (Å²) < 4.78 is 7.17. The van der Waals surface area contributed by atoms with E-state index in [-0.39, 0.29) is 24.0 Å². The Balaban J connectivity index is 0.00000289. The average molecular weight is 540 g/mol. The van der Waals surface area contributed by atoms with Crippen molar-refractivity contribution >= 4 is 12.2 Å². The number of aryl methyl sites for hydroxylation is 1. The third-order valence-corrected chi connectivity index (χ3v) is 6.29. The molecule has 0 saturated carbocycles.